The minimum atomic E-state index is -4.47. The first kappa shape index (κ1) is 19.6. The second-order valence-electron chi connectivity index (χ2n) is 3.57. The molecule has 0 aliphatic rings. The molecule has 0 radical (unpaired) electrons. The van der Waals surface area contributed by atoms with Gasteiger partial charge in [-0.2, -0.15) is 0 Å². The van der Waals surface area contributed by atoms with Gasteiger partial charge in [-0.3, -0.25) is 9.59 Å². The van der Waals surface area contributed by atoms with E-state index in [-0.39, 0.29) is 46.1 Å². The molecule has 0 spiro atoms. The van der Waals surface area contributed by atoms with Gasteiger partial charge in [0.2, 0.25) is 5.91 Å². The van der Waals surface area contributed by atoms with Gasteiger partial charge in [-0.25, -0.2) is 8.42 Å². The van der Waals surface area contributed by atoms with Crippen LogP contribution in [0.4, 0.5) is 5.69 Å². The first-order valence-electron chi connectivity index (χ1n) is 5.35. The van der Waals surface area contributed by atoms with Gasteiger partial charge < -0.3 is 9.87 Å². The third-order valence-electron chi connectivity index (χ3n) is 2.15. The van der Waals surface area contributed by atoms with Crippen molar-refractivity contribution in [3.05, 3.63) is 29.8 Å². The molecule has 1 rings (SSSR count). The summed E-state index contributed by atoms with van der Waals surface area (Å²) in [5.74, 6) is -1.08. The Bertz CT molecular complexity index is 571. The third kappa shape index (κ3) is 7.41. The molecular formula is C11H12NNaO5S2. The Balaban J connectivity index is 0.00000361. The van der Waals surface area contributed by atoms with Gasteiger partial charge in [0.15, 0.2) is 5.78 Å². The van der Waals surface area contributed by atoms with Crippen LogP contribution in [0, 0.1) is 0 Å². The van der Waals surface area contributed by atoms with Crippen LogP contribution in [0.2, 0.25) is 0 Å². The summed E-state index contributed by atoms with van der Waals surface area (Å²) in [5, 5.41) is 2.42. The van der Waals surface area contributed by atoms with Crippen molar-refractivity contribution in [3.8, 4) is 0 Å². The summed E-state index contributed by atoms with van der Waals surface area (Å²) in [6.45, 7) is 1.75. The van der Waals surface area contributed by atoms with Crippen LogP contribution in [-0.4, -0.2) is 30.4 Å². The van der Waals surface area contributed by atoms with Crippen molar-refractivity contribution in [2.45, 2.75) is 13.3 Å². The van der Waals surface area contributed by atoms with Crippen LogP contribution in [0.3, 0.4) is 0 Å². The second-order valence-corrected chi connectivity index (χ2v) is 6.85. The van der Waals surface area contributed by atoms with Gasteiger partial charge in [-0.1, -0.05) is 6.92 Å². The number of hydrogen-bond donors (Lipinski definition) is 1. The monoisotopic (exact) mass is 325 g/mol. The van der Waals surface area contributed by atoms with Crippen LogP contribution < -0.4 is 34.9 Å². The summed E-state index contributed by atoms with van der Waals surface area (Å²) in [7, 11) is -4.45. The van der Waals surface area contributed by atoms with Gasteiger partial charge in [0, 0.05) is 17.7 Å². The van der Waals surface area contributed by atoms with Crippen molar-refractivity contribution >= 4 is 37.3 Å². The third-order valence-corrected chi connectivity index (χ3v) is 4.03. The van der Waals surface area contributed by atoms with E-state index in [9.17, 15) is 22.6 Å². The molecule has 1 N–H and O–H groups in total. The molecule has 0 aliphatic heterocycles. The average Bonchev–Trinajstić information content (AvgIpc) is 2.35. The molecule has 0 aromatic heterocycles. The SMILES string of the molecule is CCC(=O)c1ccc(NC(=O)CSS(=O)(=O)[O-])cc1.[Na+]. The summed E-state index contributed by atoms with van der Waals surface area (Å²) >= 11 is 0. The number of benzene rings is 1. The van der Waals surface area contributed by atoms with E-state index < -0.39 is 20.8 Å². The fourth-order valence-electron chi connectivity index (χ4n) is 1.27. The van der Waals surface area contributed by atoms with Crippen molar-refractivity contribution in [2.75, 3.05) is 11.1 Å². The van der Waals surface area contributed by atoms with E-state index in [2.05, 4.69) is 5.32 Å². The van der Waals surface area contributed by atoms with Crippen LogP contribution in [-0.2, 0) is 13.9 Å². The number of amides is 1. The Morgan fingerprint density at radius 2 is 1.80 bits per heavy atom. The van der Waals surface area contributed by atoms with Crippen LogP contribution in [0.15, 0.2) is 24.3 Å². The number of anilines is 1. The normalized spacial score (nSPS) is 10.5. The Labute approximate surface area is 143 Å². The van der Waals surface area contributed by atoms with E-state index in [4.69, 9.17) is 0 Å². The van der Waals surface area contributed by atoms with Gasteiger partial charge >= 0.3 is 29.6 Å². The first-order chi connectivity index (χ1) is 8.81. The minimum Gasteiger partial charge on any atom is -0.739 e. The molecule has 6 nitrogen and oxygen atoms in total. The summed E-state index contributed by atoms with van der Waals surface area (Å²) < 4.78 is 31.0. The van der Waals surface area contributed by atoms with Crippen molar-refractivity contribution in [1.82, 2.24) is 0 Å². The van der Waals surface area contributed by atoms with E-state index >= 15 is 0 Å². The maximum absolute atomic E-state index is 11.4. The van der Waals surface area contributed by atoms with Crippen molar-refractivity contribution in [2.24, 2.45) is 0 Å². The number of carbonyl (C=O) groups is 2. The molecule has 0 fully saturated rings. The molecule has 0 heterocycles. The maximum atomic E-state index is 11.4. The van der Waals surface area contributed by atoms with Crippen LogP contribution in [0.5, 0.6) is 0 Å². The molecule has 104 valence electrons. The van der Waals surface area contributed by atoms with E-state index in [0.29, 0.717) is 17.7 Å². The zero-order chi connectivity index (χ0) is 14.5. The second kappa shape index (κ2) is 8.81. The Morgan fingerprint density at radius 1 is 1.25 bits per heavy atom. The number of Topliss-reactive ketones (excluding diaryl/α,β-unsaturated/α-hetero) is 1. The van der Waals surface area contributed by atoms with Gasteiger partial charge in [0.25, 0.3) is 0 Å². The average molecular weight is 325 g/mol. The predicted octanol–water partition coefficient (Wildman–Crippen LogP) is -1.58. The Morgan fingerprint density at radius 3 is 2.25 bits per heavy atom. The van der Waals surface area contributed by atoms with E-state index in [0.717, 1.165) is 0 Å². The molecule has 0 saturated heterocycles. The molecule has 20 heavy (non-hydrogen) atoms. The molecule has 1 amide bonds. The molecule has 0 aliphatic carbocycles. The topological polar surface area (TPSA) is 103 Å². The molecule has 9 heteroatoms. The fraction of sp³-hybridized carbons (Fsp3) is 0.273. The standard InChI is InChI=1S/C11H13NO5S2.Na/c1-2-10(13)8-3-5-9(6-4-8)12-11(14)7-18-19(15,16)17;/h3-6H,2,7H2,1H3,(H,12,14)(H,15,16,17);/q;+1/p-1. The quantitative estimate of drug-likeness (QED) is 0.293. The maximum Gasteiger partial charge on any atom is 1.00 e. The largest absolute Gasteiger partial charge is 1.00 e. The number of rotatable bonds is 6. The van der Waals surface area contributed by atoms with Crippen LogP contribution in [0.25, 0.3) is 0 Å². The molecule has 0 unspecified atom stereocenters. The molecular weight excluding hydrogens is 313 g/mol. The molecule has 0 atom stereocenters. The number of ketones is 1. The summed E-state index contributed by atoms with van der Waals surface area (Å²) in [6, 6.07) is 6.21. The number of hydrogen-bond acceptors (Lipinski definition) is 6. The van der Waals surface area contributed by atoms with E-state index in [1.54, 1.807) is 19.1 Å². The summed E-state index contributed by atoms with van der Waals surface area (Å²) in [4.78, 5) is 22.7. The van der Waals surface area contributed by atoms with Crippen molar-refractivity contribution in [1.29, 1.82) is 0 Å². The van der Waals surface area contributed by atoms with Crippen molar-refractivity contribution in [3.63, 3.8) is 0 Å². The predicted molar refractivity (Wildman–Crippen MR) is 71.8 cm³/mol. The number of nitrogens with one attached hydrogen (secondary N) is 1. The summed E-state index contributed by atoms with van der Waals surface area (Å²) in [6.07, 6.45) is 0.393. The Kier molecular flexibility index (Phi) is 8.64. The van der Waals surface area contributed by atoms with Gasteiger partial charge in [0.1, 0.15) is 9.15 Å². The van der Waals surface area contributed by atoms with Crippen LogP contribution in [0.1, 0.15) is 23.7 Å². The summed E-state index contributed by atoms with van der Waals surface area (Å²) in [5.41, 5.74) is 0.971. The smallest absolute Gasteiger partial charge is 0.739 e. The van der Waals surface area contributed by atoms with Gasteiger partial charge in [-0.05, 0) is 35.1 Å². The zero-order valence-corrected chi connectivity index (χ0v) is 14.7. The van der Waals surface area contributed by atoms with Crippen LogP contribution >= 0.6 is 10.8 Å². The minimum absolute atomic E-state index is 0. The zero-order valence-electron chi connectivity index (χ0n) is 11.1. The van der Waals surface area contributed by atoms with Gasteiger partial charge in [0.05, 0.1) is 5.75 Å². The van der Waals surface area contributed by atoms with Gasteiger partial charge in [-0.15, -0.1) is 0 Å². The molecule has 1 aromatic carbocycles. The first-order valence-corrected chi connectivity index (χ1v) is 8.26. The van der Waals surface area contributed by atoms with E-state index in [1.165, 1.54) is 12.1 Å². The Hall–Kier alpha value is -0.380. The molecule has 0 saturated carbocycles. The number of carbonyl (C=O) groups excluding carboxylic acids is 2. The van der Waals surface area contributed by atoms with Crippen molar-refractivity contribution < 1.29 is 52.1 Å². The molecule has 1 aromatic rings. The fourth-order valence-corrected chi connectivity index (χ4v) is 2.34. The van der Waals surface area contributed by atoms with E-state index in [1.807, 2.05) is 0 Å². The molecule has 0 bridgehead atoms.